The summed E-state index contributed by atoms with van der Waals surface area (Å²) in [6.45, 7) is 5.00. The van der Waals surface area contributed by atoms with Crippen molar-refractivity contribution in [3.8, 4) is 0 Å². The lowest BCUT2D eigenvalue weighted by molar-refractivity contribution is 0.0752. The van der Waals surface area contributed by atoms with Crippen molar-refractivity contribution in [2.75, 3.05) is 12.3 Å². The molecule has 2 aromatic rings. The van der Waals surface area contributed by atoms with Crippen molar-refractivity contribution in [2.24, 2.45) is 0 Å². The number of anilines is 1. The second-order valence-corrected chi connectivity index (χ2v) is 4.51. The molecule has 0 saturated carbocycles. The Morgan fingerprint density at radius 3 is 2.53 bits per heavy atom. The molecule has 0 unspecified atom stereocenters. The molecule has 0 aliphatic rings. The summed E-state index contributed by atoms with van der Waals surface area (Å²) in [5, 5.41) is 0. The predicted octanol–water partition coefficient (Wildman–Crippen LogP) is 2.83. The Morgan fingerprint density at radius 2 is 2.00 bits per heavy atom. The molecule has 0 fully saturated rings. The van der Waals surface area contributed by atoms with Gasteiger partial charge in [0, 0.05) is 18.8 Å². The average Bonchev–Trinajstić information content (AvgIpc) is 2.84. The summed E-state index contributed by atoms with van der Waals surface area (Å²) in [5.74, 6) is 0.725. The van der Waals surface area contributed by atoms with Crippen LogP contribution in [0.25, 0.3) is 0 Å². The van der Waals surface area contributed by atoms with Gasteiger partial charge in [-0.25, -0.2) is 0 Å². The fourth-order valence-electron chi connectivity index (χ4n) is 1.91. The monoisotopic (exact) mass is 258 g/mol. The average molecular weight is 258 g/mol. The van der Waals surface area contributed by atoms with Crippen LogP contribution in [0.15, 0.2) is 41.0 Å². The second-order valence-electron chi connectivity index (χ2n) is 4.51. The lowest BCUT2D eigenvalue weighted by Gasteiger charge is -2.20. The second kappa shape index (κ2) is 5.61. The van der Waals surface area contributed by atoms with Crippen molar-refractivity contribution in [3.05, 3.63) is 53.5 Å². The van der Waals surface area contributed by atoms with E-state index in [9.17, 15) is 4.79 Å². The van der Waals surface area contributed by atoms with E-state index < -0.39 is 0 Å². The van der Waals surface area contributed by atoms with Gasteiger partial charge in [0.25, 0.3) is 5.91 Å². The molecule has 1 amide bonds. The number of hydrogen-bond acceptors (Lipinski definition) is 3. The van der Waals surface area contributed by atoms with Crippen LogP contribution in [0, 0.1) is 6.92 Å². The highest BCUT2D eigenvalue weighted by Gasteiger charge is 2.16. The first-order valence-electron chi connectivity index (χ1n) is 6.29. The fraction of sp³-hybridized carbons (Fsp3) is 0.267. The first kappa shape index (κ1) is 13.2. The molecule has 0 atom stereocenters. The van der Waals surface area contributed by atoms with E-state index in [4.69, 9.17) is 10.2 Å². The molecule has 4 heteroatoms. The number of benzene rings is 1. The van der Waals surface area contributed by atoms with Gasteiger partial charge < -0.3 is 15.1 Å². The molecule has 2 N–H and O–H groups in total. The maximum atomic E-state index is 12.3. The zero-order valence-electron chi connectivity index (χ0n) is 11.2. The standard InChI is InChI=1S/C15H18N2O2/c1-3-17(9-12-4-6-14(16)7-5-12)15(18)13-8-11(2)19-10-13/h4-8,10H,3,9,16H2,1-2H3. The van der Waals surface area contributed by atoms with Crippen LogP contribution >= 0.6 is 0 Å². The minimum atomic E-state index is -0.0174. The first-order chi connectivity index (χ1) is 9.10. The van der Waals surface area contributed by atoms with Crippen molar-refractivity contribution in [2.45, 2.75) is 20.4 Å². The number of amides is 1. The molecule has 0 spiro atoms. The SMILES string of the molecule is CCN(Cc1ccc(N)cc1)C(=O)c1coc(C)c1. The van der Waals surface area contributed by atoms with E-state index in [-0.39, 0.29) is 5.91 Å². The van der Waals surface area contributed by atoms with Crippen molar-refractivity contribution in [1.29, 1.82) is 0 Å². The summed E-state index contributed by atoms with van der Waals surface area (Å²) in [6.07, 6.45) is 1.50. The number of nitrogen functional groups attached to an aromatic ring is 1. The van der Waals surface area contributed by atoms with Crippen molar-refractivity contribution in [3.63, 3.8) is 0 Å². The molecule has 1 aromatic carbocycles. The Labute approximate surface area is 112 Å². The third-order valence-corrected chi connectivity index (χ3v) is 3.00. The lowest BCUT2D eigenvalue weighted by atomic mass is 10.2. The van der Waals surface area contributed by atoms with Gasteiger partial charge >= 0.3 is 0 Å². The van der Waals surface area contributed by atoms with Gasteiger partial charge in [-0.05, 0) is 37.6 Å². The summed E-state index contributed by atoms with van der Waals surface area (Å²) in [7, 11) is 0. The summed E-state index contributed by atoms with van der Waals surface area (Å²) in [6, 6.07) is 9.32. The molecule has 1 aromatic heterocycles. The summed E-state index contributed by atoms with van der Waals surface area (Å²) < 4.78 is 5.18. The van der Waals surface area contributed by atoms with Crippen LogP contribution < -0.4 is 5.73 Å². The van der Waals surface area contributed by atoms with E-state index in [1.54, 1.807) is 11.0 Å². The molecule has 0 bridgehead atoms. The third kappa shape index (κ3) is 3.16. The van der Waals surface area contributed by atoms with Crippen LogP contribution in [-0.2, 0) is 6.54 Å². The van der Waals surface area contributed by atoms with E-state index in [1.807, 2.05) is 38.1 Å². The molecule has 0 radical (unpaired) electrons. The Morgan fingerprint density at radius 1 is 1.32 bits per heavy atom. The van der Waals surface area contributed by atoms with E-state index >= 15 is 0 Å². The molecule has 19 heavy (non-hydrogen) atoms. The van der Waals surface area contributed by atoms with E-state index in [1.165, 1.54) is 6.26 Å². The van der Waals surface area contributed by atoms with Gasteiger partial charge in [-0.15, -0.1) is 0 Å². The summed E-state index contributed by atoms with van der Waals surface area (Å²) in [5.41, 5.74) is 8.03. The summed E-state index contributed by atoms with van der Waals surface area (Å²) in [4.78, 5) is 14.1. The minimum Gasteiger partial charge on any atom is -0.469 e. The Bertz CT molecular complexity index is 558. The van der Waals surface area contributed by atoms with Crippen LogP contribution in [0.4, 0.5) is 5.69 Å². The van der Waals surface area contributed by atoms with E-state index in [2.05, 4.69) is 0 Å². The predicted molar refractivity (Wildman–Crippen MR) is 74.7 cm³/mol. The zero-order valence-corrected chi connectivity index (χ0v) is 11.2. The van der Waals surface area contributed by atoms with Crippen LogP contribution in [0.5, 0.6) is 0 Å². The normalized spacial score (nSPS) is 10.4. The van der Waals surface area contributed by atoms with Gasteiger partial charge in [0.1, 0.15) is 12.0 Å². The van der Waals surface area contributed by atoms with Gasteiger partial charge in [0.05, 0.1) is 5.56 Å². The molecular formula is C15H18N2O2. The van der Waals surface area contributed by atoms with Gasteiger partial charge in [-0.3, -0.25) is 4.79 Å². The summed E-state index contributed by atoms with van der Waals surface area (Å²) >= 11 is 0. The van der Waals surface area contributed by atoms with Crippen molar-refractivity contribution in [1.82, 2.24) is 4.90 Å². The highest BCUT2D eigenvalue weighted by Crippen LogP contribution is 2.13. The fourth-order valence-corrected chi connectivity index (χ4v) is 1.91. The maximum Gasteiger partial charge on any atom is 0.257 e. The minimum absolute atomic E-state index is 0.0174. The van der Waals surface area contributed by atoms with Gasteiger partial charge in [-0.2, -0.15) is 0 Å². The molecule has 0 aliphatic carbocycles. The molecule has 2 rings (SSSR count). The smallest absolute Gasteiger partial charge is 0.257 e. The Balaban J connectivity index is 2.11. The maximum absolute atomic E-state index is 12.3. The molecule has 4 nitrogen and oxygen atoms in total. The number of carbonyl (C=O) groups is 1. The number of hydrogen-bond donors (Lipinski definition) is 1. The van der Waals surface area contributed by atoms with Crippen LogP contribution in [0.3, 0.4) is 0 Å². The highest BCUT2D eigenvalue weighted by atomic mass is 16.3. The van der Waals surface area contributed by atoms with Crippen molar-refractivity contribution < 1.29 is 9.21 Å². The van der Waals surface area contributed by atoms with Crippen LogP contribution in [0.2, 0.25) is 0 Å². The highest BCUT2D eigenvalue weighted by molar-refractivity contribution is 5.94. The van der Waals surface area contributed by atoms with E-state index in [0.29, 0.717) is 18.7 Å². The zero-order chi connectivity index (χ0) is 13.8. The molecule has 0 aliphatic heterocycles. The van der Waals surface area contributed by atoms with E-state index in [0.717, 1.165) is 17.0 Å². The van der Waals surface area contributed by atoms with Gasteiger partial charge in [0.15, 0.2) is 0 Å². The topological polar surface area (TPSA) is 59.5 Å². The largest absolute Gasteiger partial charge is 0.469 e. The Hall–Kier alpha value is -2.23. The van der Waals surface area contributed by atoms with Crippen molar-refractivity contribution >= 4 is 11.6 Å². The van der Waals surface area contributed by atoms with Crippen LogP contribution in [-0.4, -0.2) is 17.4 Å². The number of carbonyl (C=O) groups excluding carboxylic acids is 1. The van der Waals surface area contributed by atoms with Gasteiger partial charge in [0.2, 0.25) is 0 Å². The lowest BCUT2D eigenvalue weighted by Crippen LogP contribution is -2.30. The van der Waals surface area contributed by atoms with Crippen LogP contribution in [0.1, 0.15) is 28.6 Å². The molecule has 1 heterocycles. The molecule has 0 saturated heterocycles. The number of furan rings is 1. The quantitative estimate of drug-likeness (QED) is 0.858. The molecular weight excluding hydrogens is 240 g/mol. The van der Waals surface area contributed by atoms with Gasteiger partial charge in [-0.1, -0.05) is 12.1 Å². The number of nitrogens with zero attached hydrogens (tertiary/aromatic N) is 1. The number of rotatable bonds is 4. The number of aryl methyl sites for hydroxylation is 1. The Kier molecular flexibility index (Phi) is 3.90. The number of nitrogens with two attached hydrogens (primary N) is 1. The third-order valence-electron chi connectivity index (χ3n) is 3.00. The molecule has 100 valence electrons. The first-order valence-corrected chi connectivity index (χ1v) is 6.29.